The molecule has 0 fully saturated rings. The molecule has 8 heteroatoms. The standard InChI is InChI=1S/C13H9Cl2N3O2.Fe/c14-10-5-9(12(19)11(15)6-10)7-17-18-13(20)8-1-3-16-4-2-8;/h1-7,19H,(H,18,20);/q;+2/b17-7+;. The van der Waals surface area contributed by atoms with Gasteiger partial charge in [0, 0.05) is 28.5 Å². The van der Waals surface area contributed by atoms with Crippen LogP contribution < -0.4 is 5.43 Å². The van der Waals surface area contributed by atoms with E-state index in [1.165, 1.54) is 30.7 Å². The second-order valence-corrected chi connectivity index (χ2v) is 4.60. The summed E-state index contributed by atoms with van der Waals surface area (Å²) in [4.78, 5) is 15.5. The van der Waals surface area contributed by atoms with Crippen LogP contribution in [0.25, 0.3) is 0 Å². The number of carbonyl (C=O) groups is 1. The van der Waals surface area contributed by atoms with Crippen molar-refractivity contribution in [1.82, 2.24) is 10.4 Å². The van der Waals surface area contributed by atoms with Crippen LogP contribution in [0, 0.1) is 0 Å². The number of amides is 1. The minimum atomic E-state index is -0.392. The Morgan fingerprint density at radius 2 is 1.95 bits per heavy atom. The molecule has 0 aliphatic rings. The Labute approximate surface area is 141 Å². The number of nitrogens with one attached hydrogen (secondary N) is 1. The third-order valence-electron chi connectivity index (χ3n) is 2.37. The molecule has 2 aromatic rings. The van der Waals surface area contributed by atoms with Gasteiger partial charge in [-0.3, -0.25) is 9.78 Å². The zero-order valence-electron chi connectivity index (χ0n) is 10.4. The van der Waals surface area contributed by atoms with Gasteiger partial charge in [-0.05, 0) is 24.3 Å². The first-order chi connectivity index (χ1) is 9.58. The third-order valence-corrected chi connectivity index (χ3v) is 2.88. The first kappa shape index (κ1) is 17.5. The molecule has 0 radical (unpaired) electrons. The SMILES string of the molecule is O=C(N/N=C/c1cc(Cl)cc(Cl)c1O)c1ccncc1.[Fe+2]. The molecule has 0 atom stereocenters. The van der Waals surface area contributed by atoms with Crippen LogP contribution in [0.5, 0.6) is 5.75 Å². The summed E-state index contributed by atoms with van der Waals surface area (Å²) >= 11 is 11.6. The molecule has 108 valence electrons. The molecule has 1 heterocycles. The van der Waals surface area contributed by atoms with Gasteiger partial charge in [0.15, 0.2) is 0 Å². The van der Waals surface area contributed by atoms with E-state index in [0.717, 1.165) is 0 Å². The summed E-state index contributed by atoms with van der Waals surface area (Å²) in [6, 6.07) is 5.99. The Morgan fingerprint density at radius 1 is 1.29 bits per heavy atom. The van der Waals surface area contributed by atoms with E-state index in [-0.39, 0.29) is 27.8 Å². The van der Waals surface area contributed by atoms with E-state index in [1.807, 2.05) is 0 Å². The molecule has 1 amide bonds. The number of phenols is 1. The zero-order valence-corrected chi connectivity index (χ0v) is 13.0. The van der Waals surface area contributed by atoms with Crippen molar-refractivity contribution in [3.05, 3.63) is 57.8 Å². The predicted molar refractivity (Wildman–Crippen MR) is 77.4 cm³/mol. The van der Waals surface area contributed by atoms with Gasteiger partial charge in [-0.1, -0.05) is 23.2 Å². The van der Waals surface area contributed by atoms with Gasteiger partial charge < -0.3 is 5.11 Å². The Morgan fingerprint density at radius 3 is 2.62 bits per heavy atom. The molecule has 0 spiro atoms. The van der Waals surface area contributed by atoms with E-state index >= 15 is 0 Å². The van der Waals surface area contributed by atoms with Crippen molar-refractivity contribution in [1.29, 1.82) is 0 Å². The largest absolute Gasteiger partial charge is 2.00 e. The van der Waals surface area contributed by atoms with Crippen LogP contribution in [-0.2, 0) is 17.1 Å². The van der Waals surface area contributed by atoms with Crippen molar-refractivity contribution in [2.24, 2.45) is 5.10 Å². The quantitative estimate of drug-likeness (QED) is 0.499. The molecule has 0 saturated carbocycles. The molecule has 0 unspecified atom stereocenters. The summed E-state index contributed by atoms with van der Waals surface area (Å²) in [5, 5.41) is 13.9. The van der Waals surface area contributed by atoms with E-state index in [4.69, 9.17) is 23.2 Å². The van der Waals surface area contributed by atoms with Crippen molar-refractivity contribution >= 4 is 35.3 Å². The van der Waals surface area contributed by atoms with Gasteiger partial charge in [-0.25, -0.2) is 5.43 Å². The monoisotopic (exact) mass is 365 g/mol. The average Bonchev–Trinajstić information content (AvgIpc) is 2.44. The Bertz CT molecular complexity index is 666. The Kier molecular flexibility index (Phi) is 6.65. The van der Waals surface area contributed by atoms with Crippen molar-refractivity contribution < 1.29 is 27.0 Å². The number of benzene rings is 1. The predicted octanol–water partition coefficient (Wildman–Crippen LogP) is 2.86. The first-order valence-electron chi connectivity index (χ1n) is 5.49. The van der Waals surface area contributed by atoms with Crippen LogP contribution in [0.4, 0.5) is 0 Å². The van der Waals surface area contributed by atoms with E-state index in [0.29, 0.717) is 16.1 Å². The fourth-order valence-electron chi connectivity index (χ4n) is 1.41. The minimum absolute atomic E-state index is 0. The van der Waals surface area contributed by atoms with Gasteiger partial charge in [-0.15, -0.1) is 0 Å². The molecule has 2 rings (SSSR count). The normalized spacial score (nSPS) is 10.2. The number of rotatable bonds is 3. The third kappa shape index (κ3) is 4.72. The van der Waals surface area contributed by atoms with E-state index in [2.05, 4.69) is 15.5 Å². The summed E-state index contributed by atoms with van der Waals surface area (Å²) in [6.07, 6.45) is 4.26. The maximum Gasteiger partial charge on any atom is 2.00 e. The number of nitrogens with zero attached hydrogens (tertiary/aromatic N) is 2. The summed E-state index contributed by atoms with van der Waals surface area (Å²) in [6.45, 7) is 0. The van der Waals surface area contributed by atoms with Crippen LogP contribution in [0.15, 0.2) is 41.8 Å². The summed E-state index contributed by atoms with van der Waals surface area (Å²) < 4.78 is 0. The van der Waals surface area contributed by atoms with Crippen molar-refractivity contribution in [2.45, 2.75) is 0 Å². The van der Waals surface area contributed by atoms with Crippen molar-refractivity contribution in [2.75, 3.05) is 0 Å². The number of halogens is 2. The maximum atomic E-state index is 11.7. The van der Waals surface area contributed by atoms with Crippen LogP contribution in [0.3, 0.4) is 0 Å². The number of hydrazone groups is 1. The number of aromatic hydroxyl groups is 1. The molecule has 21 heavy (non-hydrogen) atoms. The Balaban J connectivity index is 0.00000220. The van der Waals surface area contributed by atoms with Gasteiger partial charge in [0.05, 0.1) is 11.2 Å². The molecule has 0 aliphatic heterocycles. The van der Waals surface area contributed by atoms with Gasteiger partial charge in [-0.2, -0.15) is 5.10 Å². The number of pyridine rings is 1. The van der Waals surface area contributed by atoms with Gasteiger partial charge in [0.25, 0.3) is 5.91 Å². The van der Waals surface area contributed by atoms with Crippen LogP contribution in [-0.4, -0.2) is 22.2 Å². The molecule has 0 saturated heterocycles. The maximum absolute atomic E-state index is 11.7. The second-order valence-electron chi connectivity index (χ2n) is 3.76. The smallest absolute Gasteiger partial charge is 0.506 e. The molecule has 1 aromatic carbocycles. The zero-order chi connectivity index (χ0) is 14.5. The molecule has 0 aliphatic carbocycles. The summed E-state index contributed by atoms with van der Waals surface area (Å²) in [5.41, 5.74) is 3.04. The Hall–Kier alpha value is -1.59. The van der Waals surface area contributed by atoms with Crippen LogP contribution >= 0.6 is 23.2 Å². The van der Waals surface area contributed by atoms with Crippen LogP contribution in [0.1, 0.15) is 15.9 Å². The van der Waals surface area contributed by atoms with Gasteiger partial charge in [0.2, 0.25) is 0 Å². The fourth-order valence-corrected chi connectivity index (χ4v) is 1.92. The number of phenolic OH excluding ortho intramolecular Hbond substituents is 1. The summed E-state index contributed by atoms with van der Waals surface area (Å²) in [7, 11) is 0. The first-order valence-corrected chi connectivity index (χ1v) is 6.25. The van der Waals surface area contributed by atoms with Crippen molar-refractivity contribution in [3.8, 4) is 5.75 Å². The van der Waals surface area contributed by atoms with Gasteiger partial charge in [0.1, 0.15) is 5.75 Å². The number of hydrogen-bond donors (Lipinski definition) is 2. The molecule has 5 nitrogen and oxygen atoms in total. The number of aromatic nitrogens is 1. The van der Waals surface area contributed by atoms with E-state index in [9.17, 15) is 9.90 Å². The minimum Gasteiger partial charge on any atom is -0.506 e. The van der Waals surface area contributed by atoms with Gasteiger partial charge >= 0.3 is 17.1 Å². The van der Waals surface area contributed by atoms with E-state index < -0.39 is 5.91 Å². The molecule has 1 aromatic heterocycles. The topological polar surface area (TPSA) is 74.6 Å². The molecular formula is C13H9Cl2FeN3O2+2. The molecule has 0 bridgehead atoms. The number of hydrogen-bond acceptors (Lipinski definition) is 4. The molecular weight excluding hydrogens is 357 g/mol. The average molecular weight is 366 g/mol. The number of carbonyl (C=O) groups excluding carboxylic acids is 1. The van der Waals surface area contributed by atoms with Crippen molar-refractivity contribution in [3.63, 3.8) is 0 Å². The summed E-state index contributed by atoms with van der Waals surface area (Å²) in [5.74, 6) is -0.547. The van der Waals surface area contributed by atoms with Crippen LogP contribution in [0.2, 0.25) is 10.0 Å². The second kappa shape index (κ2) is 8.00. The van der Waals surface area contributed by atoms with E-state index in [1.54, 1.807) is 12.1 Å². The fraction of sp³-hybridized carbons (Fsp3) is 0. The molecule has 2 N–H and O–H groups in total.